The van der Waals surface area contributed by atoms with E-state index in [1.807, 2.05) is 0 Å². The maximum absolute atomic E-state index is 11.4. The molecule has 0 saturated carbocycles. The summed E-state index contributed by atoms with van der Waals surface area (Å²) in [7, 11) is 0. The van der Waals surface area contributed by atoms with E-state index in [0.29, 0.717) is 11.1 Å². The van der Waals surface area contributed by atoms with Gasteiger partial charge in [-0.05, 0) is 37.3 Å². The molecule has 2 bridgehead atoms. The monoisotopic (exact) mass is 204 g/mol. The fraction of sp³-hybridized carbons (Fsp3) is 0.0909. The van der Waals surface area contributed by atoms with Gasteiger partial charge in [0.15, 0.2) is 0 Å². The number of carbonyl (C=O) groups excluding carboxylic acids is 2. The highest BCUT2D eigenvalue weighted by molar-refractivity contribution is 5.95. The molecule has 76 valence electrons. The van der Waals surface area contributed by atoms with Gasteiger partial charge in [-0.15, -0.1) is 0 Å². The Labute approximate surface area is 86.1 Å². The number of rotatable bonds is 0. The van der Waals surface area contributed by atoms with Crippen molar-refractivity contribution in [2.45, 2.75) is 6.92 Å². The third kappa shape index (κ3) is 1.74. The zero-order chi connectivity index (χ0) is 10.8. The molecule has 0 spiro atoms. The van der Waals surface area contributed by atoms with E-state index in [9.17, 15) is 9.59 Å². The summed E-state index contributed by atoms with van der Waals surface area (Å²) < 4.78 is 9.69. The topological polar surface area (TPSA) is 52.6 Å². The highest BCUT2D eigenvalue weighted by atomic mass is 16.7. The van der Waals surface area contributed by atoms with Crippen LogP contribution in [0.1, 0.15) is 27.6 Å². The van der Waals surface area contributed by atoms with Crippen LogP contribution in [0.25, 0.3) is 0 Å². The fourth-order valence-electron chi connectivity index (χ4n) is 1.18. The van der Waals surface area contributed by atoms with Crippen LogP contribution in [-0.4, -0.2) is 11.9 Å². The lowest BCUT2D eigenvalue weighted by Crippen LogP contribution is -2.08. The summed E-state index contributed by atoms with van der Waals surface area (Å²) in [5.74, 6) is -1.17. The molecule has 0 saturated heterocycles. The zero-order valence-electron chi connectivity index (χ0n) is 8.02. The van der Waals surface area contributed by atoms with Crippen LogP contribution in [0.4, 0.5) is 0 Å². The Bertz CT molecular complexity index is 403. The second-order valence-corrected chi connectivity index (χ2v) is 2.96. The van der Waals surface area contributed by atoms with Gasteiger partial charge in [0.1, 0.15) is 0 Å². The number of allylic oxidation sites excluding steroid dienone is 1. The number of benzene rings is 1. The Morgan fingerprint density at radius 3 is 1.67 bits per heavy atom. The van der Waals surface area contributed by atoms with Crippen molar-refractivity contribution in [1.82, 2.24) is 0 Å². The van der Waals surface area contributed by atoms with Crippen molar-refractivity contribution >= 4 is 11.9 Å². The molecule has 0 unspecified atom stereocenters. The van der Waals surface area contributed by atoms with E-state index < -0.39 is 11.9 Å². The molecule has 15 heavy (non-hydrogen) atoms. The quantitative estimate of drug-likeness (QED) is 0.605. The maximum Gasteiger partial charge on any atom is 0.345 e. The van der Waals surface area contributed by atoms with E-state index in [1.54, 1.807) is 6.92 Å². The van der Waals surface area contributed by atoms with E-state index in [-0.39, 0.29) is 5.95 Å². The van der Waals surface area contributed by atoms with Gasteiger partial charge in [0.25, 0.3) is 5.95 Å². The van der Waals surface area contributed by atoms with Gasteiger partial charge >= 0.3 is 11.9 Å². The Hall–Kier alpha value is -2.10. The van der Waals surface area contributed by atoms with E-state index in [4.69, 9.17) is 9.47 Å². The van der Waals surface area contributed by atoms with E-state index in [0.717, 1.165) is 0 Å². The molecule has 0 atom stereocenters. The van der Waals surface area contributed by atoms with Crippen LogP contribution in [-0.2, 0) is 9.47 Å². The first-order valence-electron chi connectivity index (χ1n) is 4.41. The van der Waals surface area contributed by atoms with E-state index in [2.05, 4.69) is 0 Å². The summed E-state index contributed by atoms with van der Waals surface area (Å²) in [5.41, 5.74) is 0.771. The number of ether oxygens (including phenoxy) is 2. The number of fused-ring (bicyclic) bond motifs is 6. The lowest BCUT2D eigenvalue weighted by Gasteiger charge is -2.05. The van der Waals surface area contributed by atoms with Gasteiger partial charge in [0.2, 0.25) is 0 Å². The molecule has 0 amide bonds. The molecule has 1 aromatic rings. The van der Waals surface area contributed by atoms with Crippen LogP contribution in [0, 0.1) is 0 Å². The fourth-order valence-corrected chi connectivity index (χ4v) is 1.18. The predicted octanol–water partition coefficient (Wildman–Crippen LogP) is 1.88. The second kappa shape index (κ2) is 3.57. The summed E-state index contributed by atoms with van der Waals surface area (Å²) >= 11 is 0. The van der Waals surface area contributed by atoms with Crippen LogP contribution in [0.3, 0.4) is 0 Å². The standard InChI is InChI=1S/C11H8O4/c1-2-9-14-10(12)7-3-4-8(6-5-7)11(13)15-9/h2-6H,1H3. The van der Waals surface area contributed by atoms with Gasteiger partial charge in [-0.25, -0.2) is 9.59 Å². The minimum absolute atomic E-state index is 0.0904. The summed E-state index contributed by atoms with van der Waals surface area (Å²) in [6.45, 7) is 1.62. The predicted molar refractivity (Wildman–Crippen MR) is 51.0 cm³/mol. The van der Waals surface area contributed by atoms with Gasteiger partial charge in [-0.1, -0.05) is 0 Å². The minimum atomic E-state index is -0.538. The smallest absolute Gasteiger partial charge is 0.345 e. The average Bonchev–Trinajstić information content (AvgIpc) is 2.35. The van der Waals surface area contributed by atoms with Crippen molar-refractivity contribution in [2.24, 2.45) is 0 Å². The van der Waals surface area contributed by atoms with Gasteiger partial charge in [-0.3, -0.25) is 0 Å². The second-order valence-electron chi connectivity index (χ2n) is 2.96. The lowest BCUT2D eigenvalue weighted by atomic mass is 10.1. The first kappa shape index (κ1) is 9.45. The van der Waals surface area contributed by atoms with E-state index >= 15 is 0 Å². The molecule has 4 heteroatoms. The highest BCUT2D eigenvalue weighted by Crippen LogP contribution is 2.15. The number of carbonyl (C=O) groups is 2. The van der Waals surface area contributed by atoms with Crippen LogP contribution in [0.15, 0.2) is 36.3 Å². The molecule has 0 aromatic heterocycles. The molecule has 4 nitrogen and oxygen atoms in total. The molecular formula is C11H8O4. The molecular weight excluding hydrogens is 196 g/mol. The summed E-state index contributed by atoms with van der Waals surface area (Å²) in [4.78, 5) is 22.9. The van der Waals surface area contributed by atoms with Crippen LogP contribution in [0.2, 0.25) is 0 Å². The Balaban J connectivity index is 2.48. The Kier molecular flexibility index (Phi) is 2.25. The van der Waals surface area contributed by atoms with Crippen molar-refractivity contribution in [3.05, 3.63) is 47.4 Å². The lowest BCUT2D eigenvalue weighted by molar-refractivity contribution is 0.0239. The molecule has 3 rings (SSSR count). The summed E-state index contributed by atoms with van der Waals surface area (Å²) in [6.07, 6.45) is 1.42. The summed E-state index contributed by atoms with van der Waals surface area (Å²) in [6, 6.07) is 6.10. The normalized spacial score (nSPS) is 14.9. The van der Waals surface area contributed by atoms with Crippen LogP contribution >= 0.6 is 0 Å². The van der Waals surface area contributed by atoms with E-state index in [1.165, 1.54) is 30.3 Å². The first-order chi connectivity index (χ1) is 7.20. The number of hydrogen-bond donors (Lipinski definition) is 0. The highest BCUT2D eigenvalue weighted by Gasteiger charge is 2.18. The van der Waals surface area contributed by atoms with Crippen LogP contribution < -0.4 is 0 Å². The Morgan fingerprint density at radius 2 is 1.33 bits per heavy atom. The molecule has 2 aliphatic heterocycles. The first-order valence-corrected chi connectivity index (χ1v) is 4.41. The number of hydrogen-bond acceptors (Lipinski definition) is 4. The van der Waals surface area contributed by atoms with Crippen molar-refractivity contribution in [3.8, 4) is 0 Å². The van der Waals surface area contributed by atoms with Crippen molar-refractivity contribution < 1.29 is 19.1 Å². The minimum Gasteiger partial charge on any atom is -0.389 e. The van der Waals surface area contributed by atoms with Gasteiger partial charge in [-0.2, -0.15) is 0 Å². The largest absolute Gasteiger partial charge is 0.389 e. The van der Waals surface area contributed by atoms with Gasteiger partial charge in [0, 0.05) is 0 Å². The Morgan fingerprint density at radius 1 is 0.933 bits per heavy atom. The molecule has 0 radical (unpaired) electrons. The molecule has 1 aromatic carbocycles. The van der Waals surface area contributed by atoms with Gasteiger partial charge in [0.05, 0.1) is 11.1 Å². The SMILES string of the molecule is CC=C1OC(=O)c2ccc(cc2)C(=O)O1. The molecule has 0 fully saturated rings. The maximum atomic E-state index is 11.4. The summed E-state index contributed by atoms with van der Waals surface area (Å²) in [5, 5.41) is 0. The molecule has 2 aliphatic rings. The molecule has 0 N–H and O–H groups in total. The third-order valence-electron chi connectivity index (χ3n) is 1.98. The molecule has 2 heterocycles. The zero-order valence-corrected chi connectivity index (χ0v) is 8.02. The van der Waals surface area contributed by atoms with Crippen molar-refractivity contribution in [1.29, 1.82) is 0 Å². The van der Waals surface area contributed by atoms with Crippen LogP contribution in [0.5, 0.6) is 0 Å². The molecule has 0 aliphatic carbocycles. The van der Waals surface area contributed by atoms with Gasteiger partial charge < -0.3 is 9.47 Å². The average molecular weight is 204 g/mol. The number of esters is 2. The third-order valence-corrected chi connectivity index (χ3v) is 1.98. The van der Waals surface area contributed by atoms with Crippen molar-refractivity contribution in [3.63, 3.8) is 0 Å². The van der Waals surface area contributed by atoms with Crippen molar-refractivity contribution in [2.75, 3.05) is 0 Å².